The smallest absolute Gasteiger partial charge is 0.321 e. The summed E-state index contributed by atoms with van der Waals surface area (Å²) in [6.07, 6.45) is 1.63. The number of fused-ring (bicyclic) bond motifs is 1. The zero-order valence-corrected chi connectivity index (χ0v) is 16.0. The van der Waals surface area contributed by atoms with E-state index in [1.807, 2.05) is 19.1 Å². The van der Waals surface area contributed by atoms with Gasteiger partial charge in [-0.05, 0) is 36.8 Å². The maximum absolute atomic E-state index is 13.0. The van der Waals surface area contributed by atoms with Crippen molar-refractivity contribution in [2.24, 2.45) is 0 Å². The van der Waals surface area contributed by atoms with Crippen LogP contribution in [0.3, 0.4) is 0 Å². The number of nitrogens with one attached hydrogen (secondary N) is 2. The van der Waals surface area contributed by atoms with Crippen molar-refractivity contribution in [3.05, 3.63) is 60.3 Å². The van der Waals surface area contributed by atoms with Crippen LogP contribution in [0.15, 0.2) is 59.6 Å². The van der Waals surface area contributed by atoms with E-state index in [0.717, 1.165) is 10.9 Å². The molecule has 0 bridgehead atoms. The van der Waals surface area contributed by atoms with Crippen LogP contribution in [0.2, 0.25) is 0 Å². The first kappa shape index (κ1) is 18.7. The Morgan fingerprint density at radius 2 is 1.74 bits per heavy atom. The highest BCUT2D eigenvalue weighted by atomic mass is 32.2. The van der Waals surface area contributed by atoms with Crippen LogP contribution in [-0.2, 0) is 10.0 Å². The van der Waals surface area contributed by atoms with Gasteiger partial charge in [-0.1, -0.05) is 24.3 Å². The largest absolute Gasteiger partial charge is 0.331 e. The maximum atomic E-state index is 13.0. The molecule has 0 aliphatic rings. The van der Waals surface area contributed by atoms with Crippen LogP contribution in [0.25, 0.3) is 10.9 Å². The summed E-state index contributed by atoms with van der Waals surface area (Å²) in [5.74, 6) is 0. The Morgan fingerprint density at radius 3 is 2.44 bits per heavy atom. The topological polar surface area (TPSA) is 91.4 Å². The number of carbonyl (C=O) groups excluding carboxylic acids is 1. The second kappa shape index (κ2) is 7.24. The van der Waals surface area contributed by atoms with Gasteiger partial charge in [0.15, 0.2) is 0 Å². The summed E-state index contributed by atoms with van der Waals surface area (Å²) in [7, 11) is -0.703. The number of carbonyl (C=O) groups is 1. The average Bonchev–Trinajstić information content (AvgIpc) is 2.62. The van der Waals surface area contributed by atoms with Crippen molar-refractivity contribution in [1.82, 2.24) is 9.88 Å². The fourth-order valence-corrected chi connectivity index (χ4v) is 3.83. The van der Waals surface area contributed by atoms with Crippen LogP contribution in [0.4, 0.5) is 16.2 Å². The van der Waals surface area contributed by atoms with E-state index in [4.69, 9.17) is 0 Å². The number of aryl methyl sites for hydroxylation is 1. The molecule has 2 N–H and O–H groups in total. The van der Waals surface area contributed by atoms with E-state index in [0.29, 0.717) is 11.2 Å². The summed E-state index contributed by atoms with van der Waals surface area (Å²) in [4.78, 5) is 17.7. The van der Waals surface area contributed by atoms with E-state index in [1.54, 1.807) is 50.6 Å². The molecule has 3 aromatic rings. The highest BCUT2D eigenvalue weighted by molar-refractivity contribution is 7.93. The van der Waals surface area contributed by atoms with Crippen LogP contribution in [0.5, 0.6) is 0 Å². The van der Waals surface area contributed by atoms with Gasteiger partial charge in [0, 0.05) is 25.7 Å². The lowest BCUT2D eigenvalue weighted by molar-refractivity contribution is 0.230. The molecule has 3 rings (SSSR count). The molecule has 0 radical (unpaired) electrons. The van der Waals surface area contributed by atoms with Gasteiger partial charge < -0.3 is 10.2 Å². The molecule has 1 heterocycles. The molecule has 140 valence electrons. The van der Waals surface area contributed by atoms with E-state index < -0.39 is 10.0 Å². The minimum absolute atomic E-state index is 0.0775. The molecule has 0 fully saturated rings. The van der Waals surface area contributed by atoms with E-state index in [2.05, 4.69) is 15.0 Å². The molecule has 7 nitrogen and oxygen atoms in total. The van der Waals surface area contributed by atoms with Crippen molar-refractivity contribution in [1.29, 1.82) is 0 Å². The molecule has 0 saturated carbocycles. The first-order valence-electron chi connectivity index (χ1n) is 8.23. The SMILES string of the molecule is Cc1cnc2c(S(=O)(=O)Nc3ccccc3NC(=O)N(C)C)cccc2c1. The zero-order chi connectivity index (χ0) is 19.6. The van der Waals surface area contributed by atoms with Gasteiger partial charge in [-0.3, -0.25) is 9.71 Å². The number of benzene rings is 2. The van der Waals surface area contributed by atoms with Crippen molar-refractivity contribution in [2.45, 2.75) is 11.8 Å². The number of amides is 2. The predicted octanol–water partition coefficient (Wildman–Crippen LogP) is 3.44. The number of urea groups is 1. The van der Waals surface area contributed by atoms with Gasteiger partial charge in [-0.25, -0.2) is 13.2 Å². The summed E-state index contributed by atoms with van der Waals surface area (Å²) in [6.45, 7) is 1.90. The van der Waals surface area contributed by atoms with Crippen LogP contribution >= 0.6 is 0 Å². The van der Waals surface area contributed by atoms with Gasteiger partial charge in [0.25, 0.3) is 10.0 Å². The maximum Gasteiger partial charge on any atom is 0.321 e. The number of hydrogen-bond donors (Lipinski definition) is 2. The molecular weight excluding hydrogens is 364 g/mol. The molecule has 0 atom stereocenters. The van der Waals surface area contributed by atoms with Crippen molar-refractivity contribution in [2.75, 3.05) is 24.1 Å². The first-order valence-corrected chi connectivity index (χ1v) is 9.72. The molecule has 0 aliphatic heterocycles. The Hall–Kier alpha value is -3.13. The number of hydrogen-bond acceptors (Lipinski definition) is 4. The van der Waals surface area contributed by atoms with Gasteiger partial charge in [0.1, 0.15) is 4.90 Å². The van der Waals surface area contributed by atoms with Gasteiger partial charge in [-0.15, -0.1) is 0 Å². The van der Waals surface area contributed by atoms with E-state index in [-0.39, 0.29) is 16.6 Å². The number of rotatable bonds is 4. The fraction of sp³-hybridized carbons (Fsp3) is 0.158. The minimum atomic E-state index is -3.91. The third kappa shape index (κ3) is 4.01. The monoisotopic (exact) mass is 384 g/mol. The molecule has 1 aromatic heterocycles. The minimum Gasteiger partial charge on any atom is -0.331 e. The summed E-state index contributed by atoms with van der Waals surface area (Å²) in [5, 5.41) is 3.42. The highest BCUT2D eigenvalue weighted by Crippen LogP contribution is 2.27. The Kier molecular flexibility index (Phi) is 5.00. The van der Waals surface area contributed by atoms with E-state index in [9.17, 15) is 13.2 Å². The normalized spacial score (nSPS) is 11.2. The fourth-order valence-electron chi connectivity index (χ4n) is 2.57. The predicted molar refractivity (Wildman–Crippen MR) is 106 cm³/mol. The Labute approximate surface area is 158 Å². The van der Waals surface area contributed by atoms with Gasteiger partial charge >= 0.3 is 6.03 Å². The third-order valence-electron chi connectivity index (χ3n) is 3.92. The summed E-state index contributed by atoms with van der Waals surface area (Å²) in [5.41, 5.74) is 1.98. The first-order chi connectivity index (χ1) is 12.8. The number of pyridine rings is 1. The molecule has 2 aromatic carbocycles. The Morgan fingerprint density at radius 1 is 1.04 bits per heavy atom. The standard InChI is InChI=1S/C19H20N4O3S/c1-13-11-14-7-6-10-17(18(14)20-12-13)27(25,26)22-16-9-5-4-8-15(16)21-19(24)23(2)3/h4-12,22H,1-3H3,(H,21,24). The van der Waals surface area contributed by atoms with Crippen LogP contribution in [0.1, 0.15) is 5.56 Å². The molecule has 0 saturated heterocycles. The van der Waals surface area contributed by atoms with Gasteiger partial charge in [0.2, 0.25) is 0 Å². The van der Waals surface area contributed by atoms with E-state index in [1.165, 1.54) is 11.0 Å². The lowest BCUT2D eigenvalue weighted by atomic mass is 10.2. The summed E-state index contributed by atoms with van der Waals surface area (Å²) in [6, 6.07) is 13.1. The molecular formula is C19H20N4O3S. The number of nitrogens with zero attached hydrogens (tertiary/aromatic N) is 2. The zero-order valence-electron chi connectivity index (χ0n) is 15.2. The van der Waals surface area contributed by atoms with Crippen molar-refractivity contribution in [3.8, 4) is 0 Å². The quantitative estimate of drug-likeness (QED) is 0.721. The highest BCUT2D eigenvalue weighted by Gasteiger charge is 2.20. The van der Waals surface area contributed by atoms with Crippen LogP contribution in [0, 0.1) is 6.92 Å². The van der Waals surface area contributed by atoms with Gasteiger partial charge in [-0.2, -0.15) is 0 Å². The second-order valence-electron chi connectivity index (χ2n) is 6.32. The Balaban J connectivity index is 2.00. The van der Waals surface area contributed by atoms with Crippen LogP contribution < -0.4 is 10.0 Å². The number of aromatic nitrogens is 1. The third-order valence-corrected chi connectivity index (χ3v) is 5.32. The molecule has 8 heteroatoms. The lowest BCUT2D eigenvalue weighted by Gasteiger charge is -2.16. The molecule has 0 unspecified atom stereocenters. The molecule has 27 heavy (non-hydrogen) atoms. The van der Waals surface area contributed by atoms with Crippen molar-refractivity contribution in [3.63, 3.8) is 0 Å². The molecule has 2 amide bonds. The number of sulfonamides is 1. The Bertz CT molecular complexity index is 1110. The van der Waals surface area contributed by atoms with Crippen molar-refractivity contribution < 1.29 is 13.2 Å². The van der Waals surface area contributed by atoms with Crippen LogP contribution in [-0.4, -0.2) is 38.4 Å². The second-order valence-corrected chi connectivity index (χ2v) is 7.97. The summed E-state index contributed by atoms with van der Waals surface area (Å²) >= 11 is 0. The molecule has 0 aliphatic carbocycles. The van der Waals surface area contributed by atoms with Gasteiger partial charge in [0.05, 0.1) is 16.9 Å². The lowest BCUT2D eigenvalue weighted by Crippen LogP contribution is -2.28. The number of anilines is 2. The summed E-state index contributed by atoms with van der Waals surface area (Å²) < 4.78 is 28.5. The van der Waals surface area contributed by atoms with Crippen molar-refractivity contribution >= 4 is 38.3 Å². The molecule has 0 spiro atoms. The van der Waals surface area contributed by atoms with E-state index >= 15 is 0 Å². The average molecular weight is 384 g/mol. The number of para-hydroxylation sites is 3.